The normalized spacial score (nSPS) is 17.7. The first-order chi connectivity index (χ1) is 32.4. The molecule has 2 heterocycles. The molecule has 1 aliphatic heterocycles. The van der Waals surface area contributed by atoms with Crippen LogP contribution in [0.2, 0.25) is 0 Å². The van der Waals surface area contributed by atoms with Crippen molar-refractivity contribution in [2.24, 2.45) is 5.92 Å². The molecule has 6 aromatic rings. The van der Waals surface area contributed by atoms with Crippen LogP contribution in [-0.2, 0) is 33.0 Å². The fourth-order valence-corrected chi connectivity index (χ4v) is 8.74. The molecule has 0 unspecified atom stereocenters. The lowest BCUT2D eigenvalue weighted by Gasteiger charge is -2.36. The summed E-state index contributed by atoms with van der Waals surface area (Å²) in [5, 5.41) is 42.3. The Labute approximate surface area is 386 Å². The first-order valence-electron chi connectivity index (χ1n) is 22.5. The molecule has 0 radical (unpaired) electrons. The minimum absolute atomic E-state index is 0.0927. The zero-order chi connectivity index (χ0) is 46.9. The third-order valence-corrected chi connectivity index (χ3v) is 12.6. The summed E-state index contributed by atoms with van der Waals surface area (Å²) in [6.07, 6.45) is 1.61. The number of fused-ring (bicyclic) bond motifs is 1. The van der Waals surface area contributed by atoms with Gasteiger partial charge >= 0.3 is 5.97 Å². The highest BCUT2D eigenvalue weighted by Gasteiger charge is 2.42. The summed E-state index contributed by atoms with van der Waals surface area (Å²) >= 11 is 0. The number of H-pyrrole nitrogens is 1. The molecule has 0 spiro atoms. The average molecular weight is 912 g/mol. The monoisotopic (exact) mass is 911 g/mol. The van der Waals surface area contributed by atoms with Gasteiger partial charge < -0.3 is 45.7 Å². The van der Waals surface area contributed by atoms with E-state index in [-0.39, 0.29) is 78.0 Å². The summed E-state index contributed by atoms with van der Waals surface area (Å²) in [7, 11) is 0. The summed E-state index contributed by atoms with van der Waals surface area (Å²) < 4.78 is 26.8. The van der Waals surface area contributed by atoms with Crippen LogP contribution in [0.15, 0.2) is 132 Å². The fourth-order valence-electron chi connectivity index (χ4n) is 8.74. The Morgan fingerprint density at radius 2 is 1.54 bits per heavy atom. The Morgan fingerprint density at radius 3 is 2.28 bits per heavy atom. The molecular weight excluding hydrogens is 858 g/mol. The van der Waals surface area contributed by atoms with Crippen LogP contribution in [0.3, 0.4) is 0 Å². The van der Waals surface area contributed by atoms with Gasteiger partial charge in [0.15, 0.2) is 6.61 Å². The standard InChI is InChI=1S/C52H54FN5O9/c53-44-24-35(28-54-29-46(60)41-16-18-45(59)49-42(41)17-19-47(61)57-49)14-15-43(44)50(63)56-39-26-38(27-39)55-48(62)32-66-40-13-7-12-37(25-40)52(65,36-10-5-2-6-11-36)51(64)67-31-34-20-22-58(23-21-34)30-33-8-3-1-4-9-33/h1-19,24-25,34,38-39,46,54,59-60,65H,20-23,26-32H2,(H,55,62)(H,56,63)(H,57,61)/t38?,39?,46-,52-/m0/s1. The van der Waals surface area contributed by atoms with E-state index in [1.165, 1.54) is 42.0 Å². The topological polar surface area (TPSA) is 203 Å². The number of carbonyl (C=O) groups is 3. The molecule has 1 aromatic heterocycles. The number of esters is 1. The number of nitrogens with zero attached hydrogens (tertiary/aromatic N) is 1. The van der Waals surface area contributed by atoms with Gasteiger partial charge in [-0.25, -0.2) is 9.18 Å². The predicted molar refractivity (Wildman–Crippen MR) is 248 cm³/mol. The Balaban J connectivity index is 0.774. The molecule has 7 N–H and O–H groups in total. The number of aromatic nitrogens is 1. The fraction of sp³-hybridized carbons (Fsp3) is 0.308. The van der Waals surface area contributed by atoms with Crippen molar-refractivity contribution >= 4 is 28.7 Å². The molecule has 348 valence electrons. The number of likely N-dealkylation sites (tertiary alicyclic amines) is 1. The maximum absolute atomic E-state index is 15.1. The second-order valence-electron chi connectivity index (χ2n) is 17.3. The first kappa shape index (κ1) is 46.6. The lowest BCUT2D eigenvalue weighted by molar-refractivity contribution is -0.164. The number of rotatable bonds is 18. The third-order valence-electron chi connectivity index (χ3n) is 12.6. The van der Waals surface area contributed by atoms with Crippen molar-refractivity contribution in [1.29, 1.82) is 0 Å². The molecule has 5 aromatic carbocycles. The van der Waals surface area contributed by atoms with E-state index in [0.29, 0.717) is 34.9 Å². The Bertz CT molecular complexity index is 2740. The lowest BCUT2D eigenvalue weighted by atomic mass is 9.86. The van der Waals surface area contributed by atoms with Gasteiger partial charge in [-0.1, -0.05) is 84.9 Å². The molecule has 0 bridgehead atoms. The quantitative estimate of drug-likeness (QED) is 0.0549. The van der Waals surface area contributed by atoms with Crippen molar-refractivity contribution in [1.82, 2.24) is 25.8 Å². The smallest absolute Gasteiger partial charge is 0.347 e. The summed E-state index contributed by atoms with van der Waals surface area (Å²) in [5.74, 6) is -2.17. The minimum Gasteiger partial charge on any atom is -0.506 e. The van der Waals surface area contributed by atoms with E-state index in [4.69, 9.17) is 9.47 Å². The van der Waals surface area contributed by atoms with Crippen molar-refractivity contribution in [3.63, 3.8) is 0 Å². The number of hydrogen-bond acceptors (Lipinski definition) is 11. The van der Waals surface area contributed by atoms with E-state index in [1.807, 2.05) is 18.2 Å². The number of amides is 2. The van der Waals surface area contributed by atoms with Crippen LogP contribution < -0.4 is 26.2 Å². The minimum atomic E-state index is -2.13. The number of aliphatic hydroxyl groups is 2. The van der Waals surface area contributed by atoms with Crippen LogP contribution in [0, 0.1) is 11.7 Å². The van der Waals surface area contributed by atoms with E-state index in [0.717, 1.165) is 32.5 Å². The molecule has 2 fully saturated rings. The number of aromatic hydroxyl groups is 1. The highest BCUT2D eigenvalue weighted by atomic mass is 19.1. The van der Waals surface area contributed by atoms with E-state index >= 15 is 4.39 Å². The van der Waals surface area contributed by atoms with Gasteiger partial charge in [0.2, 0.25) is 11.2 Å². The van der Waals surface area contributed by atoms with E-state index < -0.39 is 35.3 Å². The van der Waals surface area contributed by atoms with Crippen molar-refractivity contribution in [3.05, 3.63) is 177 Å². The molecule has 1 saturated heterocycles. The molecule has 2 amide bonds. The molecule has 2 atom stereocenters. The Morgan fingerprint density at radius 1 is 0.821 bits per heavy atom. The number of nitrogens with one attached hydrogen (secondary N) is 4. The number of ether oxygens (including phenoxy) is 2. The molecule has 1 saturated carbocycles. The number of phenols is 1. The van der Waals surface area contributed by atoms with Crippen molar-refractivity contribution in [2.75, 3.05) is 32.8 Å². The van der Waals surface area contributed by atoms with Gasteiger partial charge in [0, 0.05) is 48.7 Å². The number of halogens is 1. The predicted octanol–water partition coefficient (Wildman–Crippen LogP) is 5.34. The van der Waals surface area contributed by atoms with Crippen molar-refractivity contribution in [3.8, 4) is 11.5 Å². The Kier molecular flexibility index (Phi) is 14.7. The molecule has 67 heavy (non-hydrogen) atoms. The maximum Gasteiger partial charge on any atom is 0.347 e. The van der Waals surface area contributed by atoms with Crippen LogP contribution in [0.5, 0.6) is 11.5 Å². The van der Waals surface area contributed by atoms with Crippen LogP contribution in [0.25, 0.3) is 10.9 Å². The van der Waals surface area contributed by atoms with E-state index in [1.54, 1.807) is 60.7 Å². The van der Waals surface area contributed by atoms with Gasteiger partial charge in [0.25, 0.3) is 11.8 Å². The van der Waals surface area contributed by atoms with Crippen LogP contribution in [-0.4, -0.2) is 87.9 Å². The van der Waals surface area contributed by atoms with Gasteiger partial charge in [-0.3, -0.25) is 19.3 Å². The second kappa shape index (κ2) is 21.2. The highest BCUT2D eigenvalue weighted by Crippen LogP contribution is 2.34. The zero-order valence-corrected chi connectivity index (χ0v) is 36.8. The molecule has 8 rings (SSSR count). The number of hydrogen-bond donors (Lipinski definition) is 7. The van der Waals surface area contributed by atoms with Crippen LogP contribution in [0.4, 0.5) is 4.39 Å². The van der Waals surface area contributed by atoms with E-state index in [2.05, 4.69) is 38.0 Å². The highest BCUT2D eigenvalue weighted by molar-refractivity contribution is 5.95. The van der Waals surface area contributed by atoms with Gasteiger partial charge in [-0.2, -0.15) is 0 Å². The molecule has 2 aliphatic rings. The van der Waals surface area contributed by atoms with Crippen LogP contribution in [0.1, 0.15) is 70.0 Å². The average Bonchev–Trinajstić information content (AvgIpc) is 3.33. The largest absolute Gasteiger partial charge is 0.506 e. The first-order valence-corrected chi connectivity index (χ1v) is 22.5. The number of piperidine rings is 1. The lowest BCUT2D eigenvalue weighted by Crippen LogP contribution is -2.54. The summed E-state index contributed by atoms with van der Waals surface area (Å²) in [4.78, 5) is 56.4. The second-order valence-corrected chi connectivity index (χ2v) is 17.3. The SMILES string of the molecule is O=C(COc1cccc([C@](O)(C(=O)OCC2CCN(Cc3ccccc3)CC2)c2ccccc2)c1)NC1CC(NC(=O)c2ccc(CNC[C@H](O)c3ccc(O)c4[nH]c(=O)ccc34)cc2F)C1. The summed E-state index contributed by atoms with van der Waals surface area (Å²) in [6.45, 7) is 2.77. The molecule has 1 aliphatic carbocycles. The number of pyridine rings is 1. The van der Waals surface area contributed by atoms with Gasteiger partial charge in [0.1, 0.15) is 17.3 Å². The van der Waals surface area contributed by atoms with Crippen LogP contribution >= 0.6 is 0 Å². The summed E-state index contributed by atoms with van der Waals surface area (Å²) in [5.41, 5.74) is 0.453. The number of aromatic amines is 1. The van der Waals surface area contributed by atoms with Gasteiger partial charge in [0.05, 0.1) is 23.8 Å². The zero-order valence-electron chi connectivity index (χ0n) is 36.8. The number of benzene rings is 5. The number of phenolic OH excluding ortho intramolecular Hbond substituents is 1. The third kappa shape index (κ3) is 11.4. The maximum atomic E-state index is 15.1. The number of carbonyl (C=O) groups excluding carboxylic acids is 3. The molecular formula is C52H54FN5O9. The Hall–Kier alpha value is -6.91. The molecule has 15 heteroatoms. The molecule has 14 nitrogen and oxygen atoms in total. The van der Waals surface area contributed by atoms with E-state index in [9.17, 15) is 34.5 Å². The van der Waals surface area contributed by atoms with Gasteiger partial charge in [-0.15, -0.1) is 0 Å². The van der Waals surface area contributed by atoms with Crippen molar-refractivity contribution in [2.45, 2.75) is 62.6 Å². The van der Waals surface area contributed by atoms with Crippen molar-refractivity contribution < 1.29 is 43.6 Å². The summed E-state index contributed by atoms with van der Waals surface area (Å²) in [6, 6.07) is 34.8. The van der Waals surface area contributed by atoms with Gasteiger partial charge in [-0.05, 0) is 103 Å². The number of aliphatic hydroxyl groups excluding tert-OH is 1.